The van der Waals surface area contributed by atoms with Crippen molar-refractivity contribution >= 4 is 28.6 Å². The van der Waals surface area contributed by atoms with Gasteiger partial charge in [-0.3, -0.25) is 9.78 Å². The summed E-state index contributed by atoms with van der Waals surface area (Å²) in [5.41, 5.74) is 2.26. The van der Waals surface area contributed by atoms with Crippen LogP contribution in [-0.2, 0) is 0 Å². The molecule has 0 radical (unpaired) electrons. The van der Waals surface area contributed by atoms with Crippen LogP contribution in [0, 0.1) is 5.82 Å². The third-order valence-corrected chi connectivity index (χ3v) is 3.13. The van der Waals surface area contributed by atoms with Gasteiger partial charge in [-0.05, 0) is 32.0 Å². The Balaban J connectivity index is 1.83. The van der Waals surface area contributed by atoms with Gasteiger partial charge in [-0.25, -0.2) is 9.37 Å². The smallest absolute Gasteiger partial charge is 0.255 e. The fourth-order valence-corrected chi connectivity index (χ4v) is 2.18. The molecule has 6 nitrogen and oxygen atoms in total. The van der Waals surface area contributed by atoms with Gasteiger partial charge in [-0.1, -0.05) is 0 Å². The fraction of sp³-hybridized carbons (Fsp3) is 0.188. The van der Waals surface area contributed by atoms with Gasteiger partial charge in [0.05, 0.1) is 29.1 Å². The lowest BCUT2D eigenvalue weighted by molar-refractivity contribution is 0.102. The minimum atomic E-state index is -0.503. The Morgan fingerprint density at radius 2 is 2.09 bits per heavy atom. The number of anilines is 2. The van der Waals surface area contributed by atoms with E-state index in [1.165, 1.54) is 12.3 Å². The van der Waals surface area contributed by atoms with Gasteiger partial charge in [-0.15, -0.1) is 0 Å². The highest BCUT2D eigenvalue weighted by Gasteiger charge is 2.10. The molecule has 2 heterocycles. The van der Waals surface area contributed by atoms with Crippen LogP contribution in [0.2, 0.25) is 0 Å². The average molecular weight is 313 g/mol. The molecule has 1 aromatic carbocycles. The standard InChI is InChI=1S/C16H16FN5O/c1-9(2)19-16-21-13-4-3-10(5-14(13)22-16)15(23)20-12-6-11(17)7-18-8-12/h3-9H,1-2H3,(H,20,23)(H2,19,21,22). The molecule has 23 heavy (non-hydrogen) atoms. The van der Waals surface area contributed by atoms with E-state index in [-0.39, 0.29) is 11.9 Å². The highest BCUT2D eigenvalue weighted by atomic mass is 19.1. The number of carbonyl (C=O) groups excluding carboxylic acids is 1. The van der Waals surface area contributed by atoms with Crippen molar-refractivity contribution < 1.29 is 9.18 Å². The summed E-state index contributed by atoms with van der Waals surface area (Å²) in [4.78, 5) is 23.5. The molecule has 0 atom stereocenters. The summed E-state index contributed by atoms with van der Waals surface area (Å²) < 4.78 is 13.1. The van der Waals surface area contributed by atoms with Gasteiger partial charge < -0.3 is 15.6 Å². The topological polar surface area (TPSA) is 82.7 Å². The van der Waals surface area contributed by atoms with Crippen LogP contribution in [0.4, 0.5) is 16.0 Å². The molecule has 3 aromatic rings. The lowest BCUT2D eigenvalue weighted by atomic mass is 10.2. The maximum atomic E-state index is 13.1. The predicted octanol–water partition coefficient (Wildman–Crippen LogP) is 3.17. The molecule has 2 aromatic heterocycles. The molecule has 0 aliphatic rings. The summed E-state index contributed by atoms with van der Waals surface area (Å²) >= 11 is 0. The Morgan fingerprint density at radius 3 is 2.83 bits per heavy atom. The zero-order valence-corrected chi connectivity index (χ0v) is 12.7. The number of imidazole rings is 1. The number of amides is 1. The molecule has 3 rings (SSSR count). The lowest BCUT2D eigenvalue weighted by Gasteiger charge is -2.05. The number of rotatable bonds is 4. The Labute approximate surface area is 132 Å². The summed E-state index contributed by atoms with van der Waals surface area (Å²) in [6.07, 6.45) is 2.47. The van der Waals surface area contributed by atoms with E-state index in [0.29, 0.717) is 17.2 Å². The van der Waals surface area contributed by atoms with Crippen LogP contribution in [0.15, 0.2) is 36.7 Å². The summed E-state index contributed by atoms with van der Waals surface area (Å²) in [7, 11) is 0. The highest BCUT2D eigenvalue weighted by Crippen LogP contribution is 2.18. The molecule has 0 saturated heterocycles. The second-order valence-corrected chi connectivity index (χ2v) is 5.46. The summed E-state index contributed by atoms with van der Waals surface area (Å²) in [6, 6.07) is 6.60. The van der Waals surface area contributed by atoms with E-state index >= 15 is 0 Å². The number of benzene rings is 1. The van der Waals surface area contributed by atoms with Crippen molar-refractivity contribution in [2.45, 2.75) is 19.9 Å². The van der Waals surface area contributed by atoms with Gasteiger partial charge in [0.15, 0.2) is 0 Å². The van der Waals surface area contributed by atoms with Crippen molar-refractivity contribution in [3.63, 3.8) is 0 Å². The quantitative estimate of drug-likeness (QED) is 0.691. The molecule has 0 fully saturated rings. The molecular weight excluding hydrogens is 297 g/mol. The number of hydrogen-bond donors (Lipinski definition) is 3. The van der Waals surface area contributed by atoms with Crippen LogP contribution in [0.1, 0.15) is 24.2 Å². The number of aromatic amines is 1. The molecular formula is C16H16FN5O. The molecule has 0 saturated carbocycles. The molecule has 0 unspecified atom stereocenters. The van der Waals surface area contributed by atoms with Gasteiger partial charge in [0, 0.05) is 17.7 Å². The number of halogens is 1. The van der Waals surface area contributed by atoms with Crippen LogP contribution in [0.25, 0.3) is 11.0 Å². The highest BCUT2D eigenvalue weighted by molar-refractivity contribution is 6.05. The van der Waals surface area contributed by atoms with E-state index in [9.17, 15) is 9.18 Å². The molecule has 0 bridgehead atoms. The van der Waals surface area contributed by atoms with Gasteiger partial charge in [0.25, 0.3) is 5.91 Å². The summed E-state index contributed by atoms with van der Waals surface area (Å²) in [5.74, 6) is -0.189. The Morgan fingerprint density at radius 1 is 1.26 bits per heavy atom. The zero-order valence-electron chi connectivity index (χ0n) is 12.7. The summed E-state index contributed by atoms with van der Waals surface area (Å²) in [5, 5.41) is 5.78. The predicted molar refractivity (Wildman–Crippen MR) is 87.0 cm³/mol. The zero-order chi connectivity index (χ0) is 16.4. The second-order valence-electron chi connectivity index (χ2n) is 5.46. The number of H-pyrrole nitrogens is 1. The molecule has 0 spiro atoms. The normalized spacial score (nSPS) is 11.0. The molecule has 0 aliphatic heterocycles. The third kappa shape index (κ3) is 3.45. The number of pyridine rings is 1. The first kappa shape index (κ1) is 15.0. The number of hydrogen-bond acceptors (Lipinski definition) is 4. The van der Waals surface area contributed by atoms with E-state index < -0.39 is 5.82 Å². The van der Waals surface area contributed by atoms with E-state index in [0.717, 1.165) is 17.2 Å². The van der Waals surface area contributed by atoms with Crippen molar-refractivity contribution in [3.8, 4) is 0 Å². The van der Waals surface area contributed by atoms with Gasteiger partial charge >= 0.3 is 0 Å². The minimum absolute atomic E-state index is 0.249. The van der Waals surface area contributed by atoms with Crippen LogP contribution >= 0.6 is 0 Å². The molecule has 118 valence electrons. The van der Waals surface area contributed by atoms with Crippen LogP contribution in [0.3, 0.4) is 0 Å². The van der Waals surface area contributed by atoms with Gasteiger partial charge in [0.1, 0.15) is 5.82 Å². The van der Waals surface area contributed by atoms with Gasteiger partial charge in [-0.2, -0.15) is 0 Å². The van der Waals surface area contributed by atoms with Crippen molar-refractivity contribution in [2.75, 3.05) is 10.6 Å². The fourth-order valence-electron chi connectivity index (χ4n) is 2.18. The number of nitrogens with zero attached hydrogens (tertiary/aromatic N) is 2. The first-order valence-corrected chi connectivity index (χ1v) is 7.19. The monoisotopic (exact) mass is 313 g/mol. The Hall–Kier alpha value is -2.96. The Bertz CT molecular complexity index is 859. The third-order valence-electron chi connectivity index (χ3n) is 3.13. The van der Waals surface area contributed by atoms with Crippen molar-refractivity contribution in [2.24, 2.45) is 0 Å². The minimum Gasteiger partial charge on any atom is -0.354 e. The summed E-state index contributed by atoms with van der Waals surface area (Å²) in [6.45, 7) is 4.03. The van der Waals surface area contributed by atoms with Crippen LogP contribution in [-0.4, -0.2) is 26.9 Å². The second kappa shape index (κ2) is 6.04. The van der Waals surface area contributed by atoms with E-state index in [2.05, 4.69) is 25.6 Å². The SMILES string of the molecule is CC(C)Nc1nc2ccc(C(=O)Nc3cncc(F)c3)cc2[nH]1. The van der Waals surface area contributed by atoms with Crippen LogP contribution < -0.4 is 10.6 Å². The first-order valence-electron chi connectivity index (χ1n) is 7.19. The molecule has 0 aliphatic carbocycles. The number of nitrogens with one attached hydrogen (secondary N) is 3. The van der Waals surface area contributed by atoms with E-state index in [1.54, 1.807) is 18.2 Å². The maximum absolute atomic E-state index is 13.1. The first-order chi connectivity index (χ1) is 11.0. The number of carbonyl (C=O) groups is 1. The van der Waals surface area contributed by atoms with Crippen molar-refractivity contribution in [1.82, 2.24) is 15.0 Å². The number of fused-ring (bicyclic) bond motifs is 1. The largest absolute Gasteiger partial charge is 0.354 e. The van der Waals surface area contributed by atoms with E-state index in [4.69, 9.17) is 0 Å². The molecule has 7 heteroatoms. The van der Waals surface area contributed by atoms with Gasteiger partial charge in [0.2, 0.25) is 5.95 Å². The average Bonchev–Trinajstić information content (AvgIpc) is 2.87. The van der Waals surface area contributed by atoms with Crippen molar-refractivity contribution in [1.29, 1.82) is 0 Å². The maximum Gasteiger partial charge on any atom is 0.255 e. The molecule has 3 N–H and O–H groups in total. The van der Waals surface area contributed by atoms with Crippen LogP contribution in [0.5, 0.6) is 0 Å². The Kier molecular flexibility index (Phi) is 3.92. The van der Waals surface area contributed by atoms with E-state index in [1.807, 2.05) is 13.8 Å². The lowest BCUT2D eigenvalue weighted by Crippen LogP contribution is -2.12. The number of aromatic nitrogens is 3. The van der Waals surface area contributed by atoms with Crippen molar-refractivity contribution in [3.05, 3.63) is 48.0 Å². The molecule has 1 amide bonds.